The van der Waals surface area contributed by atoms with Crippen molar-refractivity contribution in [2.24, 2.45) is 41.4 Å². The maximum atomic E-state index is 13.2. The second kappa shape index (κ2) is 35.2. The molecule has 5 rings (SSSR count). The molecular weight excluding hydrogens is 1100 g/mol. The molecule has 0 aromatic rings. The van der Waals surface area contributed by atoms with Crippen molar-refractivity contribution in [2.45, 2.75) is 257 Å². The van der Waals surface area contributed by atoms with Crippen molar-refractivity contribution in [1.82, 2.24) is 16.0 Å². The van der Waals surface area contributed by atoms with E-state index in [1.54, 1.807) is 6.92 Å². The van der Waals surface area contributed by atoms with Crippen LogP contribution in [0.4, 0.5) is 14.4 Å². The topological polar surface area (TPSA) is 222 Å². The fraction of sp³-hybridized carbons (Fsp3) is 0.869. The Kier molecular flexibility index (Phi) is 29.7. The average molecular weight is 1210 g/mol. The summed E-state index contributed by atoms with van der Waals surface area (Å²) >= 11 is 0. The summed E-state index contributed by atoms with van der Waals surface area (Å²) in [5.74, 6) is 2.76. The zero-order valence-corrected chi connectivity index (χ0v) is 55.0. The van der Waals surface area contributed by atoms with Crippen molar-refractivity contribution in [3.63, 3.8) is 0 Å². The first-order valence-electron chi connectivity index (χ1n) is 31.8. The third-order valence-electron chi connectivity index (χ3n) is 17.3. The second-order valence-corrected chi connectivity index (χ2v) is 40.2. The van der Waals surface area contributed by atoms with E-state index >= 15 is 0 Å². The molecular formula is C61H109N3O15Si3. The number of hydrogen-bond acceptors (Lipinski definition) is 15. The van der Waals surface area contributed by atoms with Crippen LogP contribution in [0.15, 0.2) is 12.7 Å². The quantitative estimate of drug-likeness (QED) is 0.0193. The van der Waals surface area contributed by atoms with Gasteiger partial charge in [0.05, 0.1) is 6.61 Å². The average Bonchev–Trinajstić information content (AvgIpc) is 3.41. The summed E-state index contributed by atoms with van der Waals surface area (Å²) in [5, 5.41) is 9.08. The molecule has 18 nitrogen and oxygen atoms in total. The number of hydrogen-bond donors (Lipinski definition) is 3. The highest BCUT2D eigenvalue weighted by atomic mass is 28.5. The number of carbonyl (C=O) groups is 6. The Labute approximate surface area is 495 Å². The molecule has 5 fully saturated rings. The van der Waals surface area contributed by atoms with Crippen molar-refractivity contribution in [3.05, 3.63) is 12.7 Å². The maximum Gasteiger partial charge on any atom is 0.407 e. The zero-order chi connectivity index (χ0) is 59.7. The highest BCUT2D eigenvalue weighted by Crippen LogP contribution is 2.39. The minimum absolute atomic E-state index is 0.000750. The van der Waals surface area contributed by atoms with Crippen LogP contribution in [0.25, 0.3) is 0 Å². The Morgan fingerprint density at radius 1 is 0.488 bits per heavy atom. The molecule has 0 saturated heterocycles. The molecule has 2 atom stereocenters. The molecule has 0 heterocycles. The molecule has 0 aromatic heterocycles. The summed E-state index contributed by atoms with van der Waals surface area (Å²) in [6.07, 6.45) is 22.5. The first-order chi connectivity index (χ1) is 38.9. The summed E-state index contributed by atoms with van der Waals surface area (Å²) < 4.78 is 52.2. The van der Waals surface area contributed by atoms with Crippen molar-refractivity contribution in [1.29, 1.82) is 0 Å². The van der Waals surface area contributed by atoms with Crippen LogP contribution in [-0.2, 0) is 55.8 Å². The number of nitrogens with one attached hydrogen (secondary N) is 3. The molecule has 5 aliphatic rings. The van der Waals surface area contributed by atoms with Gasteiger partial charge in [-0.15, -0.1) is 0 Å². The van der Waals surface area contributed by atoms with E-state index in [2.05, 4.69) is 75.3 Å². The number of rotatable bonds is 31. The molecule has 3 N–H and O–H groups in total. The van der Waals surface area contributed by atoms with Crippen LogP contribution in [0.2, 0.25) is 51.9 Å². The number of alkyl carbamates (subject to hydrolysis) is 3. The van der Waals surface area contributed by atoms with Crippen molar-refractivity contribution in [2.75, 3.05) is 39.6 Å². The number of ether oxygens (including phenoxy) is 7. The van der Waals surface area contributed by atoms with E-state index in [0.717, 1.165) is 153 Å². The van der Waals surface area contributed by atoms with E-state index in [1.807, 2.05) is 0 Å². The van der Waals surface area contributed by atoms with E-state index in [0.29, 0.717) is 60.9 Å². The third kappa shape index (κ3) is 29.1. The van der Waals surface area contributed by atoms with Gasteiger partial charge < -0.3 is 57.3 Å². The van der Waals surface area contributed by atoms with Crippen LogP contribution in [0, 0.1) is 41.4 Å². The standard InChI is InChI=1S/C61H109N3O15Si3/c1-11-56(65)72-34-35-73-59(68)62-52-27-21-47(22-28-52)37-46-17-19-51(20-18-46)39-57(66)74-41-45(3)76-61(70)64-54-31-25-49(26-32-54)38-48-23-29-53(30-24-48)63-60(69)75-43-55(77-58(67)40-50-15-13-44(2)14-16-50)42-71-33-12-36-82(10,78-80(4,5)6)79-81(7,8)9/h11,44-55H,1,12-43H2,2-10H3,(H,62,68)(H,63,69)(H,64,70). The van der Waals surface area contributed by atoms with Crippen molar-refractivity contribution < 1.29 is 70.2 Å². The van der Waals surface area contributed by atoms with E-state index in [-0.39, 0.29) is 63.1 Å². The fourth-order valence-electron chi connectivity index (χ4n) is 13.3. The SMILES string of the molecule is C=CC(=O)OCCOC(=O)NC1CCC(CC2CCC(CC(=O)OCC(C)OC(=O)NC3CCC(CC4CCC(NC(=O)OCC(COCCC[Si](C)(O[Si](C)(C)C)O[Si](C)(C)C)OC(=O)CC5CCC(C)CC5)CC4)CC3)CC2)CC1. The molecule has 0 aromatic carbocycles. The minimum atomic E-state index is -2.41. The second-order valence-electron chi connectivity index (χ2n) is 27.3. The van der Waals surface area contributed by atoms with Gasteiger partial charge in [0.1, 0.15) is 32.5 Å². The molecule has 0 bridgehead atoms. The highest BCUT2D eigenvalue weighted by Gasteiger charge is 2.40. The smallest absolute Gasteiger partial charge is 0.407 e. The first-order valence-corrected chi connectivity index (χ1v) is 41.2. The Morgan fingerprint density at radius 2 is 0.915 bits per heavy atom. The minimum Gasteiger partial charge on any atom is -0.462 e. The van der Waals surface area contributed by atoms with E-state index < -0.39 is 61.7 Å². The molecule has 2 unspecified atom stereocenters. The Morgan fingerprint density at radius 3 is 1.40 bits per heavy atom. The predicted octanol–water partition coefficient (Wildman–Crippen LogP) is 12.8. The van der Waals surface area contributed by atoms with Gasteiger partial charge in [-0.2, -0.15) is 0 Å². The van der Waals surface area contributed by atoms with Crippen LogP contribution in [-0.4, -0.2) is 131 Å². The van der Waals surface area contributed by atoms with E-state index in [4.69, 9.17) is 41.4 Å². The lowest BCUT2D eigenvalue weighted by Gasteiger charge is -2.38. The molecule has 0 radical (unpaired) electrons. The number of carbonyl (C=O) groups excluding carboxylic acids is 6. The van der Waals surface area contributed by atoms with Crippen LogP contribution in [0.1, 0.15) is 174 Å². The molecule has 0 spiro atoms. The predicted molar refractivity (Wildman–Crippen MR) is 323 cm³/mol. The van der Waals surface area contributed by atoms with Gasteiger partial charge in [-0.25, -0.2) is 19.2 Å². The zero-order valence-electron chi connectivity index (χ0n) is 52.0. The fourth-order valence-corrected chi connectivity index (χ4v) is 25.8. The molecule has 470 valence electrons. The summed E-state index contributed by atoms with van der Waals surface area (Å²) in [7, 11) is -6.05. The van der Waals surface area contributed by atoms with Crippen molar-refractivity contribution >= 4 is 61.4 Å². The van der Waals surface area contributed by atoms with Gasteiger partial charge in [0.25, 0.3) is 0 Å². The van der Waals surface area contributed by atoms with Gasteiger partial charge in [0.15, 0.2) is 22.7 Å². The summed E-state index contributed by atoms with van der Waals surface area (Å²) in [5.41, 5.74) is 0. The van der Waals surface area contributed by atoms with E-state index in [9.17, 15) is 28.8 Å². The summed E-state index contributed by atoms with van der Waals surface area (Å²) in [6.45, 7) is 23.3. The lowest BCUT2D eigenvalue weighted by atomic mass is 9.74. The molecule has 21 heteroatoms. The highest BCUT2D eigenvalue weighted by molar-refractivity contribution is 6.87. The molecule has 82 heavy (non-hydrogen) atoms. The van der Waals surface area contributed by atoms with Gasteiger partial charge in [-0.3, -0.25) is 9.59 Å². The molecule has 0 aliphatic heterocycles. The van der Waals surface area contributed by atoms with Crippen LogP contribution in [0.5, 0.6) is 0 Å². The van der Waals surface area contributed by atoms with Gasteiger partial charge in [0, 0.05) is 43.7 Å². The van der Waals surface area contributed by atoms with Crippen LogP contribution < -0.4 is 16.0 Å². The largest absolute Gasteiger partial charge is 0.462 e. The monoisotopic (exact) mass is 1210 g/mol. The Hall–Kier alpha value is -3.51. The van der Waals surface area contributed by atoms with Crippen LogP contribution >= 0.6 is 0 Å². The molecule has 3 amide bonds. The van der Waals surface area contributed by atoms with Crippen LogP contribution in [0.3, 0.4) is 0 Å². The summed E-state index contributed by atoms with van der Waals surface area (Å²) in [4.78, 5) is 75.3. The maximum absolute atomic E-state index is 13.2. The lowest BCUT2D eigenvalue weighted by Crippen LogP contribution is -2.52. The normalized spacial score (nSPS) is 27.1. The number of esters is 3. The lowest BCUT2D eigenvalue weighted by molar-refractivity contribution is -0.156. The molecule has 5 saturated carbocycles. The van der Waals surface area contributed by atoms with E-state index in [1.165, 1.54) is 6.42 Å². The summed E-state index contributed by atoms with van der Waals surface area (Å²) in [6, 6.07) is 0.996. The van der Waals surface area contributed by atoms with Gasteiger partial charge in [0.2, 0.25) is 0 Å². The number of amides is 3. The first kappa shape index (κ1) is 69.3. The van der Waals surface area contributed by atoms with Crippen molar-refractivity contribution in [3.8, 4) is 0 Å². The van der Waals surface area contributed by atoms with Gasteiger partial charge in [-0.1, -0.05) is 39.2 Å². The van der Waals surface area contributed by atoms with Gasteiger partial charge >= 0.3 is 44.7 Å². The molecule has 5 aliphatic carbocycles. The van der Waals surface area contributed by atoms with Gasteiger partial charge in [-0.05, 0) is 222 Å². The Bertz CT molecular complexity index is 1930. The Balaban J connectivity index is 0.893. The third-order valence-corrected chi connectivity index (χ3v) is 26.9.